The van der Waals surface area contributed by atoms with Gasteiger partial charge in [-0.25, -0.2) is 0 Å². The van der Waals surface area contributed by atoms with Crippen LogP contribution in [0.15, 0.2) is 12.4 Å². The quantitative estimate of drug-likeness (QED) is 0.529. The Bertz CT molecular complexity index is 381. The SMILES string of the molecule is COCC(C)OCC(O)Cn1cc([N+](=O)[O-])cn1. The van der Waals surface area contributed by atoms with Crippen LogP contribution in [-0.2, 0) is 16.0 Å². The Labute approximate surface area is 104 Å². The summed E-state index contributed by atoms with van der Waals surface area (Å²) in [5.41, 5.74) is -0.101. The van der Waals surface area contributed by atoms with E-state index in [-0.39, 0.29) is 24.9 Å². The van der Waals surface area contributed by atoms with E-state index in [4.69, 9.17) is 9.47 Å². The van der Waals surface area contributed by atoms with E-state index in [9.17, 15) is 15.2 Å². The van der Waals surface area contributed by atoms with Crippen molar-refractivity contribution in [1.29, 1.82) is 0 Å². The zero-order valence-corrected chi connectivity index (χ0v) is 10.4. The van der Waals surface area contributed by atoms with Gasteiger partial charge in [-0.1, -0.05) is 0 Å². The third-order valence-electron chi connectivity index (χ3n) is 2.20. The van der Waals surface area contributed by atoms with Gasteiger partial charge in [-0.15, -0.1) is 0 Å². The van der Waals surface area contributed by atoms with E-state index in [2.05, 4.69) is 5.10 Å². The molecule has 2 unspecified atom stereocenters. The first-order valence-corrected chi connectivity index (χ1v) is 5.48. The van der Waals surface area contributed by atoms with Gasteiger partial charge in [-0.3, -0.25) is 14.8 Å². The predicted molar refractivity (Wildman–Crippen MR) is 62.2 cm³/mol. The standard InChI is InChI=1S/C10H17N3O5/c1-8(6-17-2)18-7-10(14)5-12-4-9(3-11-12)13(15)16/h3-4,8,10,14H,5-7H2,1-2H3. The van der Waals surface area contributed by atoms with Crippen LogP contribution in [0.1, 0.15) is 6.92 Å². The average Bonchev–Trinajstić information content (AvgIpc) is 2.75. The molecule has 2 atom stereocenters. The molecule has 18 heavy (non-hydrogen) atoms. The number of rotatable bonds is 8. The van der Waals surface area contributed by atoms with Crippen molar-refractivity contribution in [2.45, 2.75) is 25.7 Å². The summed E-state index contributed by atoms with van der Waals surface area (Å²) in [6, 6.07) is 0. The van der Waals surface area contributed by atoms with Crippen LogP contribution in [0.4, 0.5) is 5.69 Å². The predicted octanol–water partition coefficient (Wildman–Crippen LogP) is 0.204. The fourth-order valence-electron chi connectivity index (χ4n) is 1.37. The van der Waals surface area contributed by atoms with Crippen molar-refractivity contribution in [2.24, 2.45) is 0 Å². The highest BCUT2D eigenvalue weighted by Gasteiger charge is 2.13. The van der Waals surface area contributed by atoms with Crippen molar-refractivity contribution >= 4 is 5.69 Å². The van der Waals surface area contributed by atoms with E-state index in [1.54, 1.807) is 7.11 Å². The fourth-order valence-corrected chi connectivity index (χ4v) is 1.37. The van der Waals surface area contributed by atoms with Crippen molar-refractivity contribution in [1.82, 2.24) is 9.78 Å². The lowest BCUT2D eigenvalue weighted by Gasteiger charge is -2.15. The number of aliphatic hydroxyl groups is 1. The van der Waals surface area contributed by atoms with Gasteiger partial charge in [0.1, 0.15) is 12.4 Å². The second-order valence-corrected chi connectivity index (χ2v) is 3.93. The number of hydrogen-bond acceptors (Lipinski definition) is 6. The molecule has 8 nitrogen and oxygen atoms in total. The van der Waals surface area contributed by atoms with Crippen LogP contribution in [0.3, 0.4) is 0 Å². The largest absolute Gasteiger partial charge is 0.389 e. The lowest BCUT2D eigenvalue weighted by atomic mass is 10.3. The summed E-state index contributed by atoms with van der Waals surface area (Å²) in [6.45, 7) is 2.54. The molecule has 1 heterocycles. The first-order valence-electron chi connectivity index (χ1n) is 5.48. The zero-order valence-electron chi connectivity index (χ0n) is 10.4. The number of aromatic nitrogens is 2. The third-order valence-corrected chi connectivity index (χ3v) is 2.20. The van der Waals surface area contributed by atoms with Gasteiger partial charge in [0, 0.05) is 7.11 Å². The van der Waals surface area contributed by atoms with E-state index in [0.717, 1.165) is 6.20 Å². The van der Waals surface area contributed by atoms with Crippen LogP contribution in [0, 0.1) is 10.1 Å². The van der Waals surface area contributed by atoms with Gasteiger partial charge in [0.25, 0.3) is 0 Å². The third kappa shape index (κ3) is 4.78. The molecule has 102 valence electrons. The molecule has 0 saturated heterocycles. The van der Waals surface area contributed by atoms with Crippen LogP contribution < -0.4 is 0 Å². The lowest BCUT2D eigenvalue weighted by Crippen LogP contribution is -2.26. The van der Waals surface area contributed by atoms with Crippen molar-refractivity contribution in [3.63, 3.8) is 0 Å². The van der Waals surface area contributed by atoms with Crippen molar-refractivity contribution in [3.05, 3.63) is 22.5 Å². The fraction of sp³-hybridized carbons (Fsp3) is 0.700. The molecule has 0 aliphatic carbocycles. The Balaban J connectivity index is 2.34. The van der Waals surface area contributed by atoms with Crippen LogP contribution in [-0.4, -0.2) is 52.3 Å². The van der Waals surface area contributed by atoms with Gasteiger partial charge in [-0.05, 0) is 6.92 Å². The molecule has 1 rings (SSSR count). The molecule has 0 fully saturated rings. The molecular formula is C10H17N3O5. The van der Waals surface area contributed by atoms with Crippen LogP contribution >= 0.6 is 0 Å². The summed E-state index contributed by atoms with van der Waals surface area (Å²) < 4.78 is 11.5. The Hall–Kier alpha value is -1.51. The minimum absolute atomic E-state index is 0.101. The summed E-state index contributed by atoms with van der Waals surface area (Å²) in [5.74, 6) is 0. The zero-order chi connectivity index (χ0) is 13.5. The minimum Gasteiger partial charge on any atom is -0.389 e. The summed E-state index contributed by atoms with van der Waals surface area (Å²) in [5, 5.41) is 23.9. The molecule has 8 heteroatoms. The Morgan fingerprint density at radius 1 is 1.61 bits per heavy atom. The highest BCUT2D eigenvalue weighted by atomic mass is 16.6. The summed E-state index contributed by atoms with van der Waals surface area (Å²) in [6.07, 6.45) is 1.52. The maximum absolute atomic E-state index is 10.4. The van der Waals surface area contributed by atoms with E-state index in [0.29, 0.717) is 6.61 Å². The Morgan fingerprint density at radius 2 is 2.33 bits per heavy atom. The molecule has 0 radical (unpaired) electrons. The molecule has 1 N–H and O–H groups in total. The minimum atomic E-state index is -0.774. The summed E-state index contributed by atoms with van der Waals surface area (Å²) in [7, 11) is 1.57. The lowest BCUT2D eigenvalue weighted by molar-refractivity contribution is -0.385. The molecule has 0 aliphatic heterocycles. The molecule has 0 saturated carbocycles. The monoisotopic (exact) mass is 259 g/mol. The highest BCUT2D eigenvalue weighted by Crippen LogP contribution is 2.08. The molecule has 0 aromatic carbocycles. The first kappa shape index (κ1) is 14.6. The second-order valence-electron chi connectivity index (χ2n) is 3.93. The highest BCUT2D eigenvalue weighted by molar-refractivity contribution is 5.20. The molecule has 1 aromatic rings. The average molecular weight is 259 g/mol. The van der Waals surface area contributed by atoms with Crippen molar-refractivity contribution in [2.75, 3.05) is 20.3 Å². The molecular weight excluding hydrogens is 242 g/mol. The van der Waals surface area contributed by atoms with Gasteiger partial charge in [0.05, 0.1) is 36.9 Å². The topological polar surface area (TPSA) is 99.6 Å². The first-order chi connectivity index (χ1) is 8.52. The normalized spacial score (nSPS) is 14.4. The van der Waals surface area contributed by atoms with Crippen molar-refractivity contribution in [3.8, 4) is 0 Å². The number of nitrogens with zero attached hydrogens (tertiary/aromatic N) is 3. The van der Waals surface area contributed by atoms with E-state index < -0.39 is 11.0 Å². The van der Waals surface area contributed by atoms with Crippen LogP contribution in [0.2, 0.25) is 0 Å². The number of methoxy groups -OCH3 is 1. The van der Waals surface area contributed by atoms with E-state index >= 15 is 0 Å². The number of ether oxygens (including phenoxy) is 2. The molecule has 0 bridgehead atoms. The Kier molecular flexibility index (Phi) is 5.69. The van der Waals surface area contributed by atoms with Gasteiger partial charge in [-0.2, -0.15) is 5.10 Å². The smallest absolute Gasteiger partial charge is 0.306 e. The molecule has 0 spiro atoms. The van der Waals surface area contributed by atoms with Gasteiger partial charge >= 0.3 is 5.69 Å². The number of nitro groups is 1. The summed E-state index contributed by atoms with van der Waals surface area (Å²) >= 11 is 0. The van der Waals surface area contributed by atoms with Gasteiger partial charge < -0.3 is 14.6 Å². The maximum atomic E-state index is 10.4. The number of hydrogen-bond donors (Lipinski definition) is 1. The van der Waals surface area contributed by atoms with Crippen LogP contribution in [0.25, 0.3) is 0 Å². The van der Waals surface area contributed by atoms with E-state index in [1.165, 1.54) is 10.9 Å². The molecule has 1 aromatic heterocycles. The molecule has 0 amide bonds. The van der Waals surface area contributed by atoms with Crippen LogP contribution in [0.5, 0.6) is 0 Å². The summed E-state index contributed by atoms with van der Waals surface area (Å²) in [4.78, 5) is 9.90. The van der Waals surface area contributed by atoms with Gasteiger partial charge in [0.2, 0.25) is 0 Å². The van der Waals surface area contributed by atoms with E-state index in [1.807, 2.05) is 6.92 Å². The second kappa shape index (κ2) is 7.04. The van der Waals surface area contributed by atoms with Crippen molar-refractivity contribution < 1.29 is 19.5 Å². The molecule has 0 aliphatic rings. The maximum Gasteiger partial charge on any atom is 0.306 e. The van der Waals surface area contributed by atoms with Gasteiger partial charge in [0.15, 0.2) is 0 Å². The Morgan fingerprint density at radius 3 is 2.89 bits per heavy atom. The number of aliphatic hydroxyl groups excluding tert-OH is 1.